The van der Waals surface area contributed by atoms with E-state index >= 15 is 4.39 Å². The van der Waals surface area contributed by atoms with Gasteiger partial charge in [-0.05, 0) is 62.4 Å². The molecule has 5 rings (SSSR count). The molecule has 0 saturated heterocycles. The average Bonchev–Trinajstić information content (AvgIpc) is 3.49. The Bertz CT molecular complexity index is 1470. The van der Waals surface area contributed by atoms with E-state index in [4.69, 9.17) is 14.7 Å². The van der Waals surface area contributed by atoms with E-state index in [9.17, 15) is 9.90 Å². The molecule has 1 saturated carbocycles. The molecule has 1 aromatic carbocycles. The molecule has 0 amide bonds. The first-order chi connectivity index (χ1) is 16.8. The van der Waals surface area contributed by atoms with Gasteiger partial charge in [0.1, 0.15) is 22.6 Å². The highest BCUT2D eigenvalue weighted by molar-refractivity contribution is 6.13. The molecular formula is C26H28BFN4O3. The predicted molar refractivity (Wildman–Crippen MR) is 136 cm³/mol. The minimum absolute atomic E-state index is 0.0947. The number of nitrogens with zero attached hydrogens (tertiary/aromatic N) is 4. The number of halogens is 1. The second-order valence-corrected chi connectivity index (χ2v) is 9.33. The summed E-state index contributed by atoms with van der Waals surface area (Å²) in [7, 11) is 3.01. The van der Waals surface area contributed by atoms with Gasteiger partial charge < -0.3 is 19.0 Å². The Labute approximate surface area is 203 Å². The molecule has 3 aromatic heterocycles. The third-order valence-electron chi connectivity index (χ3n) is 6.67. The van der Waals surface area contributed by atoms with Crippen molar-refractivity contribution < 1.29 is 19.0 Å². The van der Waals surface area contributed by atoms with Crippen molar-refractivity contribution in [3.63, 3.8) is 0 Å². The lowest BCUT2D eigenvalue weighted by molar-refractivity contribution is 0.0491. The molecule has 0 radical (unpaired) electrons. The summed E-state index contributed by atoms with van der Waals surface area (Å²) < 4.78 is 23.9. The van der Waals surface area contributed by atoms with Crippen LogP contribution in [0.3, 0.4) is 0 Å². The van der Waals surface area contributed by atoms with E-state index in [0.29, 0.717) is 41.0 Å². The van der Waals surface area contributed by atoms with Crippen LogP contribution in [-0.4, -0.2) is 45.1 Å². The number of ether oxygens (including phenoxy) is 1. The van der Waals surface area contributed by atoms with Crippen molar-refractivity contribution in [1.82, 2.24) is 19.1 Å². The lowest BCUT2D eigenvalue weighted by Gasteiger charge is -2.28. The van der Waals surface area contributed by atoms with Crippen molar-refractivity contribution in [1.29, 1.82) is 0 Å². The zero-order valence-corrected chi connectivity index (χ0v) is 20.2. The fourth-order valence-electron chi connectivity index (χ4n) is 4.74. The number of fused-ring (bicyclic) bond motifs is 2. The lowest BCUT2D eigenvalue weighted by atomic mass is 9.85. The third kappa shape index (κ3) is 3.93. The molecule has 0 bridgehead atoms. The van der Waals surface area contributed by atoms with Crippen LogP contribution in [0, 0.1) is 5.82 Å². The van der Waals surface area contributed by atoms with E-state index in [1.807, 2.05) is 34.3 Å². The SMILES string of the molecule is BC(O)(CCC=C)n1c(-c2nc3cc(C(=O)OC)cc(F)c3n2C2CC2)cc2ccc(CC)nc21. The molecule has 1 aliphatic rings. The summed E-state index contributed by atoms with van der Waals surface area (Å²) in [5.74, 6) is -0.606. The number of allylic oxidation sites excluding steroid dienone is 1. The molecule has 0 aliphatic heterocycles. The van der Waals surface area contributed by atoms with Gasteiger partial charge in [0, 0.05) is 17.1 Å². The van der Waals surface area contributed by atoms with Gasteiger partial charge in [0.2, 0.25) is 0 Å². The Balaban J connectivity index is 1.82. The zero-order chi connectivity index (χ0) is 24.9. The maximum atomic E-state index is 15.4. The number of hydrogen-bond acceptors (Lipinski definition) is 5. The van der Waals surface area contributed by atoms with E-state index in [2.05, 4.69) is 6.58 Å². The number of hydrogen-bond donors (Lipinski definition) is 1. The summed E-state index contributed by atoms with van der Waals surface area (Å²) in [4.78, 5) is 21.7. The summed E-state index contributed by atoms with van der Waals surface area (Å²) in [5, 5.41) is 12.5. The molecule has 3 heterocycles. The van der Waals surface area contributed by atoms with Gasteiger partial charge in [0.15, 0.2) is 13.7 Å². The molecule has 9 heteroatoms. The van der Waals surface area contributed by atoms with Crippen molar-refractivity contribution in [2.24, 2.45) is 0 Å². The number of esters is 1. The van der Waals surface area contributed by atoms with Crippen molar-refractivity contribution in [3.8, 4) is 11.5 Å². The topological polar surface area (TPSA) is 82.2 Å². The third-order valence-corrected chi connectivity index (χ3v) is 6.67. The van der Waals surface area contributed by atoms with Crippen LogP contribution in [0.1, 0.15) is 54.7 Å². The van der Waals surface area contributed by atoms with Gasteiger partial charge in [0.25, 0.3) is 0 Å². The van der Waals surface area contributed by atoms with Crippen LogP contribution in [0.4, 0.5) is 4.39 Å². The molecule has 180 valence electrons. The quantitative estimate of drug-likeness (QED) is 0.237. The van der Waals surface area contributed by atoms with Gasteiger partial charge in [-0.1, -0.05) is 13.0 Å². The number of imidazole rings is 1. The highest BCUT2D eigenvalue weighted by Gasteiger charge is 2.35. The smallest absolute Gasteiger partial charge is 0.338 e. The molecule has 4 aromatic rings. The first-order valence-electron chi connectivity index (χ1n) is 11.9. The van der Waals surface area contributed by atoms with E-state index in [-0.39, 0.29) is 11.6 Å². The number of aryl methyl sites for hydroxylation is 1. The highest BCUT2D eigenvalue weighted by atomic mass is 19.1. The summed E-state index contributed by atoms with van der Waals surface area (Å²) in [6.45, 7) is 5.83. The molecule has 7 nitrogen and oxygen atoms in total. The minimum atomic E-state index is -1.28. The van der Waals surface area contributed by atoms with Gasteiger partial charge in [-0.3, -0.25) is 0 Å². The molecule has 1 unspecified atom stereocenters. The number of aliphatic hydroxyl groups is 1. The first kappa shape index (κ1) is 23.3. The van der Waals surface area contributed by atoms with Gasteiger partial charge in [-0.25, -0.2) is 19.2 Å². The van der Waals surface area contributed by atoms with Crippen molar-refractivity contribution in [3.05, 3.63) is 60.1 Å². The van der Waals surface area contributed by atoms with Crippen LogP contribution in [0.5, 0.6) is 0 Å². The van der Waals surface area contributed by atoms with Gasteiger partial charge in [-0.2, -0.15) is 0 Å². The first-order valence-corrected chi connectivity index (χ1v) is 11.9. The maximum absolute atomic E-state index is 15.4. The Morgan fingerprint density at radius 1 is 1.34 bits per heavy atom. The van der Waals surface area contributed by atoms with Crippen LogP contribution in [-0.2, 0) is 16.8 Å². The maximum Gasteiger partial charge on any atom is 0.338 e. The summed E-state index contributed by atoms with van der Waals surface area (Å²) in [6, 6.07) is 8.76. The number of pyridine rings is 1. The van der Waals surface area contributed by atoms with Gasteiger partial charge >= 0.3 is 5.97 Å². The molecule has 1 atom stereocenters. The Hall–Kier alpha value is -3.46. The second kappa shape index (κ2) is 8.64. The fourth-order valence-corrected chi connectivity index (χ4v) is 4.74. The number of carbonyl (C=O) groups is 1. The molecule has 1 aliphatic carbocycles. The van der Waals surface area contributed by atoms with Crippen molar-refractivity contribution in [2.45, 2.75) is 50.7 Å². The van der Waals surface area contributed by atoms with Gasteiger partial charge in [-0.15, -0.1) is 6.58 Å². The Kier molecular flexibility index (Phi) is 5.75. The predicted octanol–water partition coefficient (Wildman–Crippen LogP) is 4.08. The molecule has 0 spiro atoms. The monoisotopic (exact) mass is 474 g/mol. The Morgan fingerprint density at radius 2 is 2.11 bits per heavy atom. The second-order valence-electron chi connectivity index (χ2n) is 9.33. The standard InChI is InChI=1S/C26H28BFN4O3/c1-4-6-11-26(27,34)32-21(14-15-7-8-17(5-2)29-23(15)32)24-30-20-13-16(25(33)35-3)12-19(28)22(20)31(24)18-9-10-18/h4,7-8,12-14,18,34H,1,5-6,9-11,27H2,2-3H3. The molecule has 1 N–H and O–H groups in total. The van der Waals surface area contributed by atoms with Crippen LogP contribution in [0.25, 0.3) is 33.6 Å². The van der Waals surface area contributed by atoms with Crippen LogP contribution >= 0.6 is 0 Å². The number of carbonyl (C=O) groups excluding carboxylic acids is 1. The normalized spacial score (nSPS) is 15.4. The minimum Gasteiger partial charge on any atom is -0.465 e. The van der Waals surface area contributed by atoms with E-state index in [1.54, 1.807) is 20.0 Å². The van der Waals surface area contributed by atoms with Crippen LogP contribution < -0.4 is 0 Å². The van der Waals surface area contributed by atoms with Crippen molar-refractivity contribution in [2.75, 3.05) is 7.11 Å². The van der Waals surface area contributed by atoms with Gasteiger partial charge in [0.05, 0.1) is 23.9 Å². The Morgan fingerprint density at radius 3 is 2.77 bits per heavy atom. The fraction of sp³-hybridized carbons (Fsp3) is 0.346. The van der Waals surface area contributed by atoms with Crippen LogP contribution in [0.2, 0.25) is 0 Å². The molecule has 1 fully saturated rings. The number of methoxy groups -OCH3 is 1. The molecular weight excluding hydrogens is 446 g/mol. The zero-order valence-electron chi connectivity index (χ0n) is 20.2. The molecule has 35 heavy (non-hydrogen) atoms. The summed E-state index contributed by atoms with van der Waals surface area (Å²) >= 11 is 0. The van der Waals surface area contributed by atoms with Crippen LogP contribution in [0.15, 0.2) is 43.0 Å². The number of rotatable bonds is 8. The summed E-state index contributed by atoms with van der Waals surface area (Å²) in [5.41, 5.74) is 1.75. The summed E-state index contributed by atoms with van der Waals surface area (Å²) in [6.07, 6.45) is 5.37. The average molecular weight is 474 g/mol. The lowest BCUT2D eigenvalue weighted by Crippen LogP contribution is -2.34. The van der Waals surface area contributed by atoms with E-state index < -0.39 is 17.4 Å². The van der Waals surface area contributed by atoms with E-state index in [0.717, 1.165) is 30.3 Å². The van der Waals surface area contributed by atoms with Crippen molar-refractivity contribution >= 4 is 35.9 Å². The number of aromatic nitrogens is 4. The largest absolute Gasteiger partial charge is 0.465 e. The van der Waals surface area contributed by atoms with E-state index in [1.165, 1.54) is 13.2 Å². The highest BCUT2D eigenvalue weighted by Crippen LogP contribution is 2.44. The number of benzene rings is 1.